The first-order chi connectivity index (χ1) is 8.13. The smallest absolute Gasteiger partial charge is 0.201 e. The molecule has 0 aliphatic heterocycles. The summed E-state index contributed by atoms with van der Waals surface area (Å²) in [5.74, 6) is 1.77. The number of imidazole rings is 1. The van der Waals surface area contributed by atoms with Crippen LogP contribution >= 0.6 is 11.8 Å². The van der Waals surface area contributed by atoms with Gasteiger partial charge in [-0.1, -0.05) is 6.07 Å². The SMILES string of the molecule is CSCCC(C)n1c(N)nc2cc(C)ccc21. The highest BCUT2D eigenvalue weighted by atomic mass is 32.2. The average Bonchev–Trinajstić information content (AvgIpc) is 2.61. The summed E-state index contributed by atoms with van der Waals surface area (Å²) in [7, 11) is 0. The molecule has 0 spiro atoms. The summed E-state index contributed by atoms with van der Waals surface area (Å²) in [6.07, 6.45) is 3.25. The molecule has 0 amide bonds. The predicted octanol–water partition coefficient (Wildman–Crippen LogP) is 3.24. The molecule has 0 radical (unpaired) electrons. The second-order valence-corrected chi connectivity index (χ2v) is 5.45. The number of rotatable bonds is 4. The number of aryl methyl sites for hydroxylation is 1. The Hall–Kier alpha value is -1.16. The highest BCUT2D eigenvalue weighted by Crippen LogP contribution is 2.25. The Morgan fingerprint density at radius 1 is 1.47 bits per heavy atom. The Kier molecular flexibility index (Phi) is 3.62. The van der Waals surface area contributed by atoms with Gasteiger partial charge in [-0.2, -0.15) is 11.8 Å². The van der Waals surface area contributed by atoms with Gasteiger partial charge in [-0.25, -0.2) is 4.98 Å². The Balaban J connectivity index is 2.42. The van der Waals surface area contributed by atoms with Crippen molar-refractivity contribution in [2.75, 3.05) is 17.7 Å². The minimum Gasteiger partial charge on any atom is -0.369 e. The van der Waals surface area contributed by atoms with E-state index in [2.05, 4.69) is 47.9 Å². The number of hydrogen-bond acceptors (Lipinski definition) is 3. The van der Waals surface area contributed by atoms with Crippen molar-refractivity contribution in [3.05, 3.63) is 23.8 Å². The van der Waals surface area contributed by atoms with Crippen LogP contribution in [0.5, 0.6) is 0 Å². The summed E-state index contributed by atoms with van der Waals surface area (Å²) in [4.78, 5) is 4.44. The maximum Gasteiger partial charge on any atom is 0.201 e. The van der Waals surface area contributed by atoms with Crippen LogP contribution in [0.15, 0.2) is 18.2 Å². The quantitative estimate of drug-likeness (QED) is 0.904. The minimum absolute atomic E-state index is 0.398. The van der Waals surface area contributed by atoms with Crippen LogP contribution in [0.3, 0.4) is 0 Å². The van der Waals surface area contributed by atoms with Crippen LogP contribution in [0.2, 0.25) is 0 Å². The average molecular weight is 249 g/mol. The van der Waals surface area contributed by atoms with Gasteiger partial charge in [0.2, 0.25) is 5.95 Å². The molecule has 17 heavy (non-hydrogen) atoms. The van der Waals surface area contributed by atoms with E-state index in [1.54, 1.807) is 0 Å². The molecule has 1 aromatic carbocycles. The van der Waals surface area contributed by atoms with Crippen molar-refractivity contribution in [1.82, 2.24) is 9.55 Å². The molecule has 1 heterocycles. The molecule has 1 atom stereocenters. The molecule has 0 fully saturated rings. The lowest BCUT2D eigenvalue weighted by Crippen LogP contribution is -2.09. The van der Waals surface area contributed by atoms with E-state index in [0.29, 0.717) is 12.0 Å². The van der Waals surface area contributed by atoms with E-state index >= 15 is 0 Å². The summed E-state index contributed by atoms with van der Waals surface area (Å²) in [5.41, 5.74) is 9.38. The second-order valence-electron chi connectivity index (χ2n) is 4.46. The first-order valence-corrected chi connectivity index (χ1v) is 7.26. The van der Waals surface area contributed by atoms with Crippen molar-refractivity contribution in [2.45, 2.75) is 26.3 Å². The zero-order valence-electron chi connectivity index (χ0n) is 10.6. The van der Waals surface area contributed by atoms with Crippen LogP contribution in [0.4, 0.5) is 5.95 Å². The Labute approximate surface area is 106 Å². The van der Waals surface area contributed by atoms with Crippen LogP contribution in [0.25, 0.3) is 11.0 Å². The number of aromatic nitrogens is 2. The summed E-state index contributed by atoms with van der Waals surface area (Å²) >= 11 is 1.87. The summed E-state index contributed by atoms with van der Waals surface area (Å²) in [5, 5.41) is 0. The lowest BCUT2D eigenvalue weighted by molar-refractivity contribution is 0.556. The van der Waals surface area contributed by atoms with Gasteiger partial charge in [0, 0.05) is 6.04 Å². The number of hydrogen-bond donors (Lipinski definition) is 1. The van der Waals surface area contributed by atoms with Gasteiger partial charge < -0.3 is 10.3 Å². The van der Waals surface area contributed by atoms with Crippen LogP contribution in [-0.4, -0.2) is 21.6 Å². The van der Waals surface area contributed by atoms with Crippen molar-refractivity contribution in [2.24, 2.45) is 0 Å². The van der Waals surface area contributed by atoms with Crippen LogP contribution in [-0.2, 0) is 0 Å². The van der Waals surface area contributed by atoms with E-state index in [9.17, 15) is 0 Å². The highest BCUT2D eigenvalue weighted by Gasteiger charge is 2.13. The van der Waals surface area contributed by atoms with Gasteiger partial charge >= 0.3 is 0 Å². The van der Waals surface area contributed by atoms with Gasteiger partial charge in [0.15, 0.2) is 0 Å². The van der Waals surface area contributed by atoms with Gasteiger partial charge in [0.1, 0.15) is 0 Å². The van der Waals surface area contributed by atoms with Crippen molar-refractivity contribution in [3.8, 4) is 0 Å². The van der Waals surface area contributed by atoms with Crippen molar-refractivity contribution in [1.29, 1.82) is 0 Å². The number of nitrogens with two attached hydrogens (primary N) is 1. The number of benzene rings is 1. The van der Waals surface area contributed by atoms with E-state index in [0.717, 1.165) is 23.2 Å². The van der Waals surface area contributed by atoms with Crippen LogP contribution < -0.4 is 5.73 Å². The Morgan fingerprint density at radius 3 is 2.94 bits per heavy atom. The standard InChI is InChI=1S/C13H19N3S/c1-9-4-5-12-11(8-9)15-13(14)16(12)10(2)6-7-17-3/h4-5,8,10H,6-7H2,1-3H3,(H2,14,15). The maximum atomic E-state index is 6.02. The van der Waals surface area contributed by atoms with Gasteiger partial charge in [0.05, 0.1) is 11.0 Å². The zero-order valence-corrected chi connectivity index (χ0v) is 11.4. The maximum absolute atomic E-state index is 6.02. The monoisotopic (exact) mass is 249 g/mol. The highest BCUT2D eigenvalue weighted by molar-refractivity contribution is 7.98. The molecule has 0 saturated heterocycles. The fraction of sp³-hybridized carbons (Fsp3) is 0.462. The lowest BCUT2D eigenvalue weighted by Gasteiger charge is -2.15. The molecule has 0 aliphatic rings. The van der Waals surface area contributed by atoms with Crippen LogP contribution in [0, 0.1) is 6.92 Å². The molecule has 92 valence electrons. The van der Waals surface area contributed by atoms with Gasteiger partial charge in [-0.3, -0.25) is 0 Å². The van der Waals surface area contributed by atoms with E-state index in [-0.39, 0.29) is 0 Å². The molecule has 0 saturated carbocycles. The fourth-order valence-electron chi connectivity index (χ4n) is 2.11. The van der Waals surface area contributed by atoms with Crippen LogP contribution in [0.1, 0.15) is 24.9 Å². The molecule has 2 aromatic rings. The van der Waals surface area contributed by atoms with E-state index in [1.807, 2.05) is 11.8 Å². The van der Waals surface area contributed by atoms with E-state index in [1.165, 1.54) is 5.56 Å². The first-order valence-electron chi connectivity index (χ1n) is 5.86. The Bertz CT molecular complexity index is 519. The molecule has 4 heteroatoms. The second kappa shape index (κ2) is 5.00. The molecular formula is C13H19N3S. The molecule has 1 unspecified atom stereocenters. The zero-order chi connectivity index (χ0) is 12.4. The molecule has 2 N–H and O–H groups in total. The van der Waals surface area contributed by atoms with Crippen molar-refractivity contribution in [3.63, 3.8) is 0 Å². The molecule has 0 bridgehead atoms. The third-order valence-corrected chi connectivity index (χ3v) is 3.70. The molecule has 0 aliphatic carbocycles. The number of thioether (sulfide) groups is 1. The topological polar surface area (TPSA) is 43.8 Å². The number of anilines is 1. The fourth-order valence-corrected chi connectivity index (χ4v) is 2.68. The van der Waals surface area contributed by atoms with E-state index < -0.39 is 0 Å². The third kappa shape index (κ3) is 2.41. The normalized spacial score (nSPS) is 13.1. The number of nitrogens with zero attached hydrogens (tertiary/aromatic N) is 2. The third-order valence-electron chi connectivity index (χ3n) is 3.05. The molecule has 2 rings (SSSR count). The van der Waals surface area contributed by atoms with Gasteiger partial charge in [-0.05, 0) is 50.0 Å². The predicted molar refractivity (Wildman–Crippen MR) is 76.6 cm³/mol. The summed E-state index contributed by atoms with van der Waals surface area (Å²) in [6.45, 7) is 4.28. The number of fused-ring (bicyclic) bond motifs is 1. The lowest BCUT2D eigenvalue weighted by atomic mass is 10.2. The van der Waals surface area contributed by atoms with Gasteiger partial charge in [0.25, 0.3) is 0 Å². The number of nitrogen functional groups attached to an aromatic ring is 1. The summed E-state index contributed by atoms with van der Waals surface area (Å²) < 4.78 is 2.14. The first kappa shape index (κ1) is 12.3. The largest absolute Gasteiger partial charge is 0.369 e. The molecule has 1 aromatic heterocycles. The van der Waals surface area contributed by atoms with Crippen molar-refractivity contribution >= 4 is 28.7 Å². The van der Waals surface area contributed by atoms with Crippen molar-refractivity contribution < 1.29 is 0 Å². The molecule has 3 nitrogen and oxygen atoms in total. The van der Waals surface area contributed by atoms with E-state index in [4.69, 9.17) is 5.73 Å². The molecular weight excluding hydrogens is 230 g/mol. The van der Waals surface area contributed by atoms with Gasteiger partial charge in [-0.15, -0.1) is 0 Å². The minimum atomic E-state index is 0.398. The Morgan fingerprint density at radius 2 is 2.24 bits per heavy atom. The summed E-state index contributed by atoms with van der Waals surface area (Å²) in [6, 6.07) is 6.71.